The summed E-state index contributed by atoms with van der Waals surface area (Å²) >= 11 is 0. The van der Waals surface area contributed by atoms with Gasteiger partial charge in [0.15, 0.2) is 0 Å². The zero-order chi connectivity index (χ0) is 15.9. The van der Waals surface area contributed by atoms with Crippen molar-refractivity contribution in [3.8, 4) is 11.5 Å². The number of rotatable bonds is 7. The molecule has 0 saturated heterocycles. The monoisotopic (exact) mass is 300 g/mol. The third kappa shape index (κ3) is 4.76. The molecule has 22 heavy (non-hydrogen) atoms. The van der Waals surface area contributed by atoms with E-state index in [1.165, 1.54) is 0 Å². The maximum Gasteiger partial charge on any atom is 0.120 e. The molecule has 0 aliphatic carbocycles. The summed E-state index contributed by atoms with van der Waals surface area (Å²) in [4.78, 5) is 4.35. The van der Waals surface area contributed by atoms with E-state index in [0.29, 0.717) is 24.6 Å². The highest BCUT2D eigenvalue weighted by Crippen LogP contribution is 2.22. The standard InChI is InChI=1S/C18H24N2O2/c1-19(2)11-12-20(13-15-7-3-5-9-17(15)21)14-16-8-4-6-10-18(16)22/h3-10,21-22H,11-14H2,1-2H3. The van der Waals surface area contributed by atoms with Crippen LogP contribution in [0.15, 0.2) is 48.5 Å². The predicted molar refractivity (Wildman–Crippen MR) is 88.9 cm³/mol. The van der Waals surface area contributed by atoms with E-state index in [1.54, 1.807) is 12.1 Å². The Hall–Kier alpha value is -2.04. The third-order valence-corrected chi connectivity index (χ3v) is 3.63. The van der Waals surface area contributed by atoms with E-state index in [2.05, 4.69) is 9.80 Å². The van der Waals surface area contributed by atoms with Crippen LogP contribution in [-0.2, 0) is 13.1 Å². The van der Waals surface area contributed by atoms with Gasteiger partial charge in [-0.05, 0) is 26.2 Å². The van der Waals surface area contributed by atoms with Crippen molar-refractivity contribution in [2.24, 2.45) is 0 Å². The van der Waals surface area contributed by atoms with Crippen LogP contribution in [0.3, 0.4) is 0 Å². The minimum Gasteiger partial charge on any atom is -0.508 e. The van der Waals surface area contributed by atoms with Crippen LogP contribution in [-0.4, -0.2) is 47.2 Å². The number of benzene rings is 2. The van der Waals surface area contributed by atoms with Crippen LogP contribution in [0.5, 0.6) is 11.5 Å². The van der Waals surface area contributed by atoms with Crippen LogP contribution >= 0.6 is 0 Å². The van der Waals surface area contributed by atoms with E-state index in [4.69, 9.17) is 0 Å². The summed E-state index contributed by atoms with van der Waals surface area (Å²) < 4.78 is 0. The molecule has 0 amide bonds. The smallest absolute Gasteiger partial charge is 0.120 e. The Labute approximate surface area is 132 Å². The molecule has 0 spiro atoms. The predicted octanol–water partition coefficient (Wildman–Crippen LogP) is 2.66. The maximum absolute atomic E-state index is 9.97. The molecule has 0 aliphatic heterocycles. The molecule has 4 nitrogen and oxygen atoms in total. The van der Waals surface area contributed by atoms with Crippen molar-refractivity contribution in [1.82, 2.24) is 9.80 Å². The summed E-state index contributed by atoms with van der Waals surface area (Å²) in [6.45, 7) is 3.07. The van der Waals surface area contributed by atoms with Crippen molar-refractivity contribution in [3.63, 3.8) is 0 Å². The molecule has 2 aromatic rings. The maximum atomic E-state index is 9.97. The molecule has 0 fully saturated rings. The second kappa shape index (κ2) is 7.82. The molecule has 0 radical (unpaired) electrons. The average Bonchev–Trinajstić information content (AvgIpc) is 2.49. The van der Waals surface area contributed by atoms with Gasteiger partial charge in [-0.25, -0.2) is 0 Å². The molecule has 0 bridgehead atoms. The first-order valence-corrected chi connectivity index (χ1v) is 7.47. The quantitative estimate of drug-likeness (QED) is 0.825. The van der Waals surface area contributed by atoms with Gasteiger partial charge in [0.2, 0.25) is 0 Å². The molecule has 0 atom stereocenters. The average molecular weight is 300 g/mol. The Morgan fingerprint density at radius 2 is 1.18 bits per heavy atom. The van der Waals surface area contributed by atoms with Gasteiger partial charge in [-0.2, -0.15) is 0 Å². The van der Waals surface area contributed by atoms with Gasteiger partial charge in [0, 0.05) is 37.3 Å². The zero-order valence-electron chi connectivity index (χ0n) is 13.2. The number of para-hydroxylation sites is 2. The van der Waals surface area contributed by atoms with Crippen molar-refractivity contribution >= 4 is 0 Å². The molecule has 4 heteroatoms. The lowest BCUT2D eigenvalue weighted by Gasteiger charge is -2.25. The lowest BCUT2D eigenvalue weighted by Crippen LogP contribution is -2.31. The Kier molecular flexibility index (Phi) is 5.81. The number of hydrogen-bond acceptors (Lipinski definition) is 4. The molecule has 2 rings (SSSR count). The summed E-state index contributed by atoms with van der Waals surface area (Å²) in [5.41, 5.74) is 1.80. The summed E-state index contributed by atoms with van der Waals surface area (Å²) in [6.07, 6.45) is 0. The number of phenols is 2. The van der Waals surface area contributed by atoms with Gasteiger partial charge in [0.1, 0.15) is 11.5 Å². The number of nitrogens with zero attached hydrogens (tertiary/aromatic N) is 2. The van der Waals surface area contributed by atoms with Gasteiger partial charge in [0.25, 0.3) is 0 Å². The lowest BCUT2D eigenvalue weighted by atomic mass is 10.1. The van der Waals surface area contributed by atoms with Crippen LogP contribution in [0, 0.1) is 0 Å². The number of aromatic hydroxyl groups is 2. The third-order valence-electron chi connectivity index (χ3n) is 3.63. The Morgan fingerprint density at radius 1 is 0.727 bits per heavy atom. The first-order valence-electron chi connectivity index (χ1n) is 7.47. The normalized spacial score (nSPS) is 11.3. The van der Waals surface area contributed by atoms with Crippen molar-refractivity contribution in [3.05, 3.63) is 59.7 Å². The van der Waals surface area contributed by atoms with E-state index < -0.39 is 0 Å². The van der Waals surface area contributed by atoms with Gasteiger partial charge in [-0.1, -0.05) is 36.4 Å². The van der Waals surface area contributed by atoms with Gasteiger partial charge in [-0.15, -0.1) is 0 Å². The van der Waals surface area contributed by atoms with Gasteiger partial charge in [-0.3, -0.25) is 4.90 Å². The van der Waals surface area contributed by atoms with E-state index in [-0.39, 0.29) is 0 Å². The van der Waals surface area contributed by atoms with Gasteiger partial charge >= 0.3 is 0 Å². The van der Waals surface area contributed by atoms with Crippen molar-refractivity contribution in [2.45, 2.75) is 13.1 Å². The second-order valence-electron chi connectivity index (χ2n) is 5.77. The van der Waals surface area contributed by atoms with Crippen LogP contribution in [0.2, 0.25) is 0 Å². The van der Waals surface area contributed by atoms with Crippen LogP contribution in [0.25, 0.3) is 0 Å². The fraction of sp³-hybridized carbons (Fsp3) is 0.333. The summed E-state index contributed by atoms with van der Waals surface area (Å²) in [5, 5.41) is 19.9. The Bertz CT molecular complexity index is 552. The highest BCUT2D eigenvalue weighted by Gasteiger charge is 2.12. The minimum atomic E-state index is 0.314. The molecule has 0 aliphatic rings. The molecule has 0 heterocycles. The topological polar surface area (TPSA) is 46.9 Å². The first-order chi connectivity index (χ1) is 10.6. The van der Waals surface area contributed by atoms with Crippen molar-refractivity contribution < 1.29 is 10.2 Å². The fourth-order valence-corrected chi connectivity index (χ4v) is 2.33. The molecule has 2 aromatic carbocycles. The largest absolute Gasteiger partial charge is 0.508 e. The molecular formula is C18H24N2O2. The number of hydrogen-bond donors (Lipinski definition) is 2. The van der Waals surface area contributed by atoms with E-state index in [1.807, 2.05) is 50.5 Å². The Morgan fingerprint density at radius 3 is 1.59 bits per heavy atom. The Balaban J connectivity index is 2.12. The molecule has 118 valence electrons. The molecular weight excluding hydrogens is 276 g/mol. The van der Waals surface area contributed by atoms with E-state index in [9.17, 15) is 10.2 Å². The van der Waals surface area contributed by atoms with Crippen LogP contribution < -0.4 is 0 Å². The number of likely N-dealkylation sites (N-methyl/N-ethyl adjacent to an activating group) is 1. The SMILES string of the molecule is CN(C)CCN(Cc1ccccc1O)Cc1ccccc1O. The fourth-order valence-electron chi connectivity index (χ4n) is 2.33. The number of phenolic OH excluding ortho intramolecular Hbond substituents is 2. The van der Waals surface area contributed by atoms with Crippen LogP contribution in [0.1, 0.15) is 11.1 Å². The summed E-state index contributed by atoms with van der Waals surface area (Å²) in [7, 11) is 4.08. The van der Waals surface area contributed by atoms with Crippen molar-refractivity contribution in [1.29, 1.82) is 0 Å². The minimum absolute atomic E-state index is 0.314. The first kappa shape index (κ1) is 16.3. The lowest BCUT2D eigenvalue weighted by molar-refractivity contribution is 0.221. The zero-order valence-corrected chi connectivity index (χ0v) is 13.2. The highest BCUT2D eigenvalue weighted by atomic mass is 16.3. The molecule has 0 saturated carbocycles. The van der Waals surface area contributed by atoms with E-state index in [0.717, 1.165) is 24.2 Å². The summed E-state index contributed by atoms with van der Waals surface area (Å²) in [6, 6.07) is 14.8. The second-order valence-corrected chi connectivity index (χ2v) is 5.77. The molecule has 0 aromatic heterocycles. The van der Waals surface area contributed by atoms with Crippen molar-refractivity contribution in [2.75, 3.05) is 27.2 Å². The molecule has 2 N–H and O–H groups in total. The molecule has 0 unspecified atom stereocenters. The highest BCUT2D eigenvalue weighted by molar-refractivity contribution is 5.33. The van der Waals surface area contributed by atoms with E-state index >= 15 is 0 Å². The van der Waals surface area contributed by atoms with Gasteiger partial charge < -0.3 is 15.1 Å². The van der Waals surface area contributed by atoms with Crippen LogP contribution in [0.4, 0.5) is 0 Å². The summed E-state index contributed by atoms with van der Waals surface area (Å²) in [5.74, 6) is 0.629. The van der Waals surface area contributed by atoms with Gasteiger partial charge in [0.05, 0.1) is 0 Å².